The molecule has 130 valence electrons. The number of methoxy groups -OCH3 is 1. The smallest absolute Gasteiger partial charge is 0.137 e. The number of para-hydroxylation sites is 1. The molecule has 2 aromatic heterocycles. The molecular weight excluding hydrogens is 322 g/mol. The molecule has 2 N–H and O–H groups in total. The summed E-state index contributed by atoms with van der Waals surface area (Å²) in [4.78, 5) is 7.52. The Morgan fingerprint density at radius 1 is 0.962 bits per heavy atom. The third-order valence-corrected chi connectivity index (χ3v) is 4.56. The van der Waals surface area contributed by atoms with E-state index in [1.165, 1.54) is 22.3 Å². The monoisotopic (exact) mass is 343 g/mol. The zero-order chi connectivity index (χ0) is 17.8. The number of aromatic amines is 1. The van der Waals surface area contributed by atoms with E-state index in [1.54, 1.807) is 7.11 Å². The molecule has 0 aliphatic rings. The van der Waals surface area contributed by atoms with Crippen LogP contribution in [-0.2, 0) is 13.1 Å². The molecule has 4 heteroatoms. The molecule has 4 nitrogen and oxygen atoms in total. The molecule has 0 radical (unpaired) electrons. The van der Waals surface area contributed by atoms with Gasteiger partial charge in [-0.25, -0.2) is 4.98 Å². The number of nitrogens with zero attached hydrogens (tertiary/aromatic N) is 1. The van der Waals surface area contributed by atoms with E-state index in [2.05, 4.69) is 57.7 Å². The van der Waals surface area contributed by atoms with Gasteiger partial charge in [0, 0.05) is 36.4 Å². The predicted molar refractivity (Wildman–Crippen MR) is 105 cm³/mol. The van der Waals surface area contributed by atoms with Crippen molar-refractivity contribution in [3.63, 3.8) is 0 Å². The number of pyridine rings is 1. The maximum Gasteiger partial charge on any atom is 0.137 e. The number of ether oxygens (including phenoxy) is 1. The second kappa shape index (κ2) is 7.42. The van der Waals surface area contributed by atoms with Crippen LogP contribution in [0, 0.1) is 0 Å². The zero-order valence-electron chi connectivity index (χ0n) is 14.7. The van der Waals surface area contributed by atoms with Crippen molar-refractivity contribution in [1.29, 1.82) is 0 Å². The molecule has 0 fully saturated rings. The van der Waals surface area contributed by atoms with Crippen molar-refractivity contribution in [2.75, 3.05) is 7.11 Å². The second-order valence-electron chi connectivity index (χ2n) is 6.21. The fourth-order valence-corrected chi connectivity index (χ4v) is 3.21. The number of rotatable bonds is 6. The quantitative estimate of drug-likeness (QED) is 0.541. The van der Waals surface area contributed by atoms with Crippen LogP contribution in [0.5, 0.6) is 5.75 Å². The molecule has 4 aromatic rings. The number of H-pyrrole nitrogens is 1. The summed E-state index contributed by atoms with van der Waals surface area (Å²) in [5, 5.41) is 4.63. The number of hydrogen-bond acceptors (Lipinski definition) is 3. The maximum absolute atomic E-state index is 5.39. The van der Waals surface area contributed by atoms with E-state index in [9.17, 15) is 0 Å². The van der Waals surface area contributed by atoms with Gasteiger partial charge in [-0.1, -0.05) is 42.5 Å². The van der Waals surface area contributed by atoms with Crippen molar-refractivity contribution in [2.24, 2.45) is 0 Å². The van der Waals surface area contributed by atoms with Gasteiger partial charge in [-0.15, -0.1) is 0 Å². The molecule has 4 rings (SSSR count). The summed E-state index contributed by atoms with van der Waals surface area (Å²) < 4.78 is 5.39. The Morgan fingerprint density at radius 2 is 1.81 bits per heavy atom. The highest BCUT2D eigenvalue weighted by atomic mass is 16.5. The van der Waals surface area contributed by atoms with Crippen LogP contribution in [0.1, 0.15) is 11.1 Å². The van der Waals surface area contributed by atoms with E-state index in [-0.39, 0.29) is 0 Å². The van der Waals surface area contributed by atoms with Gasteiger partial charge in [-0.2, -0.15) is 0 Å². The van der Waals surface area contributed by atoms with Gasteiger partial charge >= 0.3 is 0 Å². The maximum atomic E-state index is 5.39. The summed E-state index contributed by atoms with van der Waals surface area (Å²) in [6, 6.07) is 20.9. The fraction of sp³-hybridized carbons (Fsp3) is 0.136. The molecule has 0 aliphatic carbocycles. The average molecular weight is 343 g/mol. The highest BCUT2D eigenvalue weighted by Crippen LogP contribution is 2.27. The minimum Gasteiger partial charge on any atom is -0.496 e. The summed E-state index contributed by atoms with van der Waals surface area (Å²) >= 11 is 0. The summed E-state index contributed by atoms with van der Waals surface area (Å²) in [5.41, 5.74) is 5.74. The molecule has 0 saturated heterocycles. The normalized spacial score (nSPS) is 11.0. The Morgan fingerprint density at radius 3 is 2.65 bits per heavy atom. The van der Waals surface area contributed by atoms with E-state index in [1.807, 2.05) is 30.6 Å². The lowest BCUT2D eigenvalue weighted by atomic mass is 10.0. The number of benzene rings is 2. The van der Waals surface area contributed by atoms with Crippen molar-refractivity contribution in [3.8, 4) is 16.9 Å². The molecule has 2 aromatic carbocycles. The molecule has 0 aliphatic heterocycles. The Kier molecular flexibility index (Phi) is 4.67. The third kappa shape index (κ3) is 3.32. The van der Waals surface area contributed by atoms with Gasteiger partial charge in [0.15, 0.2) is 0 Å². The molecule has 0 unspecified atom stereocenters. The Balaban J connectivity index is 1.44. The first-order valence-electron chi connectivity index (χ1n) is 8.69. The number of hydrogen-bond donors (Lipinski definition) is 2. The summed E-state index contributed by atoms with van der Waals surface area (Å²) in [6.07, 6.45) is 3.77. The van der Waals surface area contributed by atoms with Gasteiger partial charge in [0.1, 0.15) is 11.4 Å². The van der Waals surface area contributed by atoms with Gasteiger partial charge < -0.3 is 15.0 Å². The molecule has 0 atom stereocenters. The number of aromatic nitrogens is 2. The SMILES string of the molecule is COc1ccccc1CNCc1ccc(-c2ccnc3[nH]ccc23)cc1. The van der Waals surface area contributed by atoms with Crippen LogP contribution in [0.4, 0.5) is 0 Å². The molecule has 0 bridgehead atoms. The number of fused-ring (bicyclic) bond motifs is 1. The van der Waals surface area contributed by atoms with Crippen LogP contribution < -0.4 is 10.1 Å². The number of nitrogens with one attached hydrogen (secondary N) is 2. The highest BCUT2D eigenvalue weighted by Gasteiger charge is 2.06. The van der Waals surface area contributed by atoms with Crippen LogP contribution in [0.15, 0.2) is 73.1 Å². The standard InChI is InChI=1S/C22H21N3O/c1-26-21-5-3-2-4-18(21)15-23-14-16-6-8-17(9-7-16)19-10-12-24-22-20(19)11-13-25-22/h2-13,23H,14-15H2,1H3,(H,24,25). The first-order chi connectivity index (χ1) is 12.8. The summed E-state index contributed by atoms with van der Waals surface area (Å²) in [5.74, 6) is 0.920. The van der Waals surface area contributed by atoms with Crippen LogP contribution in [-0.4, -0.2) is 17.1 Å². The van der Waals surface area contributed by atoms with Crippen LogP contribution >= 0.6 is 0 Å². The largest absolute Gasteiger partial charge is 0.496 e. The van der Waals surface area contributed by atoms with Crippen molar-refractivity contribution in [1.82, 2.24) is 15.3 Å². The first-order valence-corrected chi connectivity index (χ1v) is 8.69. The van der Waals surface area contributed by atoms with Crippen molar-refractivity contribution < 1.29 is 4.74 Å². The average Bonchev–Trinajstić information content (AvgIpc) is 3.18. The minimum atomic E-state index is 0.778. The van der Waals surface area contributed by atoms with E-state index < -0.39 is 0 Å². The lowest BCUT2D eigenvalue weighted by molar-refractivity contribution is 0.407. The molecule has 0 spiro atoms. The van der Waals surface area contributed by atoms with Crippen molar-refractivity contribution >= 4 is 11.0 Å². The van der Waals surface area contributed by atoms with Crippen LogP contribution in [0.3, 0.4) is 0 Å². The molecule has 2 heterocycles. The Bertz CT molecular complexity index is 1010. The van der Waals surface area contributed by atoms with E-state index in [4.69, 9.17) is 4.74 Å². The van der Waals surface area contributed by atoms with Gasteiger partial charge in [-0.3, -0.25) is 0 Å². The van der Waals surface area contributed by atoms with Crippen LogP contribution in [0.25, 0.3) is 22.2 Å². The third-order valence-electron chi connectivity index (χ3n) is 4.56. The van der Waals surface area contributed by atoms with E-state index >= 15 is 0 Å². The zero-order valence-corrected chi connectivity index (χ0v) is 14.7. The lowest BCUT2D eigenvalue weighted by Gasteiger charge is -2.10. The Hall–Kier alpha value is -3.11. The van der Waals surface area contributed by atoms with Gasteiger partial charge in [0.05, 0.1) is 7.11 Å². The van der Waals surface area contributed by atoms with Gasteiger partial charge in [0.25, 0.3) is 0 Å². The topological polar surface area (TPSA) is 49.9 Å². The van der Waals surface area contributed by atoms with Crippen molar-refractivity contribution in [3.05, 3.63) is 84.2 Å². The predicted octanol–water partition coefficient (Wildman–Crippen LogP) is 4.53. The van der Waals surface area contributed by atoms with E-state index in [0.29, 0.717) is 0 Å². The summed E-state index contributed by atoms with van der Waals surface area (Å²) in [6.45, 7) is 1.59. The molecule has 26 heavy (non-hydrogen) atoms. The molecular formula is C22H21N3O. The Labute approximate surface area is 152 Å². The van der Waals surface area contributed by atoms with E-state index in [0.717, 1.165) is 29.9 Å². The van der Waals surface area contributed by atoms with Crippen LogP contribution in [0.2, 0.25) is 0 Å². The minimum absolute atomic E-state index is 0.778. The second-order valence-corrected chi connectivity index (χ2v) is 6.21. The first kappa shape index (κ1) is 16.4. The lowest BCUT2D eigenvalue weighted by Crippen LogP contribution is -2.13. The van der Waals surface area contributed by atoms with Gasteiger partial charge in [0.2, 0.25) is 0 Å². The molecule has 0 saturated carbocycles. The highest BCUT2D eigenvalue weighted by molar-refractivity contribution is 5.92. The summed E-state index contributed by atoms with van der Waals surface area (Å²) in [7, 11) is 1.71. The van der Waals surface area contributed by atoms with Gasteiger partial charge in [-0.05, 0) is 34.9 Å². The fourth-order valence-electron chi connectivity index (χ4n) is 3.21. The van der Waals surface area contributed by atoms with Crippen molar-refractivity contribution in [2.45, 2.75) is 13.1 Å². The molecule has 0 amide bonds.